The van der Waals surface area contributed by atoms with Gasteiger partial charge in [0.25, 0.3) is 5.91 Å². The van der Waals surface area contributed by atoms with Crippen molar-refractivity contribution in [2.24, 2.45) is 0 Å². The molecule has 0 radical (unpaired) electrons. The monoisotopic (exact) mass is 281 g/mol. The fourth-order valence-electron chi connectivity index (χ4n) is 2.80. The smallest absolute Gasteiger partial charge is 0.257 e. The number of carbonyl (C=O) groups is 1. The van der Waals surface area contributed by atoms with E-state index in [4.69, 9.17) is 0 Å². The maximum absolute atomic E-state index is 12.2. The summed E-state index contributed by atoms with van der Waals surface area (Å²) < 4.78 is 2.26. The first-order valence-electron chi connectivity index (χ1n) is 7.15. The molecule has 2 aromatic heterocycles. The van der Waals surface area contributed by atoms with Crippen LogP contribution in [0.15, 0.2) is 36.5 Å². The van der Waals surface area contributed by atoms with Crippen molar-refractivity contribution in [3.8, 4) is 0 Å². The number of nitrogens with zero attached hydrogens (tertiary/aromatic N) is 1. The second-order valence-corrected chi connectivity index (χ2v) is 5.27. The van der Waals surface area contributed by atoms with Crippen molar-refractivity contribution in [2.75, 3.05) is 5.32 Å². The fourth-order valence-corrected chi connectivity index (χ4v) is 2.80. The summed E-state index contributed by atoms with van der Waals surface area (Å²) >= 11 is 0. The Kier molecular flexibility index (Phi) is 3.29. The lowest BCUT2D eigenvalue weighted by Crippen LogP contribution is -2.12. The second kappa shape index (κ2) is 5.13. The van der Waals surface area contributed by atoms with Crippen molar-refractivity contribution < 1.29 is 4.79 Å². The largest absolute Gasteiger partial charge is 0.365 e. The van der Waals surface area contributed by atoms with E-state index in [1.807, 2.05) is 19.1 Å². The molecule has 0 fully saturated rings. The quantitative estimate of drug-likeness (QED) is 0.752. The third-order valence-electron chi connectivity index (χ3n) is 3.88. The zero-order chi connectivity index (χ0) is 15.0. The highest BCUT2D eigenvalue weighted by Crippen LogP contribution is 2.23. The third kappa shape index (κ3) is 2.33. The summed E-state index contributed by atoms with van der Waals surface area (Å²) in [6.45, 7) is 7.08. The van der Waals surface area contributed by atoms with Crippen LogP contribution in [-0.4, -0.2) is 15.5 Å². The van der Waals surface area contributed by atoms with E-state index in [2.05, 4.69) is 40.8 Å². The van der Waals surface area contributed by atoms with Crippen molar-refractivity contribution >= 4 is 22.5 Å². The Morgan fingerprint density at radius 3 is 2.71 bits per heavy atom. The zero-order valence-electron chi connectivity index (χ0n) is 12.5. The van der Waals surface area contributed by atoms with Crippen LogP contribution in [0.1, 0.15) is 28.7 Å². The molecular weight excluding hydrogens is 262 g/mol. The molecule has 0 aliphatic heterocycles. The molecule has 0 bridgehead atoms. The Bertz CT molecular complexity index is 811. The molecule has 0 saturated carbocycles. The van der Waals surface area contributed by atoms with Crippen LogP contribution in [0.4, 0.5) is 5.69 Å². The minimum atomic E-state index is -0.0836. The SMILES string of the molecule is CCn1c(C)cc2cc(NC(=O)c3cc[nH]c3C)ccc21. The molecule has 1 aromatic carbocycles. The number of rotatable bonds is 3. The number of aryl methyl sites for hydroxylation is 3. The van der Waals surface area contributed by atoms with Gasteiger partial charge in [0.1, 0.15) is 0 Å². The Hall–Kier alpha value is -2.49. The molecular formula is C17H19N3O. The summed E-state index contributed by atoms with van der Waals surface area (Å²) in [5.41, 5.74) is 4.81. The average Bonchev–Trinajstić information content (AvgIpc) is 3.00. The van der Waals surface area contributed by atoms with E-state index < -0.39 is 0 Å². The molecule has 0 aliphatic carbocycles. The lowest BCUT2D eigenvalue weighted by Gasteiger charge is -2.07. The topological polar surface area (TPSA) is 49.8 Å². The lowest BCUT2D eigenvalue weighted by molar-refractivity contribution is 0.102. The normalized spacial score (nSPS) is 11.0. The van der Waals surface area contributed by atoms with Crippen LogP contribution in [-0.2, 0) is 6.54 Å². The first kappa shape index (κ1) is 13.5. The number of carbonyl (C=O) groups excluding carboxylic acids is 1. The standard InChI is InChI=1S/C17H19N3O/c1-4-20-11(2)9-13-10-14(5-6-16(13)20)19-17(21)15-7-8-18-12(15)3/h5-10,18H,4H2,1-3H3,(H,19,21). The predicted octanol–water partition coefficient (Wildman–Crippen LogP) is 3.86. The van der Waals surface area contributed by atoms with Gasteiger partial charge in [-0.25, -0.2) is 0 Å². The molecule has 2 heterocycles. The average molecular weight is 281 g/mol. The van der Waals surface area contributed by atoms with Gasteiger partial charge in [0.15, 0.2) is 0 Å². The summed E-state index contributed by atoms with van der Waals surface area (Å²) in [7, 11) is 0. The number of hydrogen-bond donors (Lipinski definition) is 2. The number of aromatic amines is 1. The summed E-state index contributed by atoms with van der Waals surface area (Å²) in [5.74, 6) is -0.0836. The zero-order valence-corrected chi connectivity index (χ0v) is 12.5. The minimum absolute atomic E-state index is 0.0836. The van der Waals surface area contributed by atoms with Gasteiger partial charge in [-0.1, -0.05) is 0 Å². The molecule has 2 N–H and O–H groups in total. The van der Waals surface area contributed by atoms with Gasteiger partial charge in [-0.3, -0.25) is 4.79 Å². The Balaban J connectivity index is 1.92. The van der Waals surface area contributed by atoms with Gasteiger partial charge in [-0.2, -0.15) is 0 Å². The molecule has 1 amide bonds. The maximum atomic E-state index is 12.2. The van der Waals surface area contributed by atoms with Crippen molar-refractivity contribution in [2.45, 2.75) is 27.3 Å². The summed E-state index contributed by atoms with van der Waals surface area (Å²) in [4.78, 5) is 15.2. The molecule has 0 saturated heterocycles. The second-order valence-electron chi connectivity index (χ2n) is 5.27. The van der Waals surface area contributed by atoms with Gasteiger partial charge >= 0.3 is 0 Å². The summed E-state index contributed by atoms with van der Waals surface area (Å²) in [6, 6.07) is 9.98. The highest BCUT2D eigenvalue weighted by Gasteiger charge is 2.11. The van der Waals surface area contributed by atoms with E-state index in [1.54, 1.807) is 12.3 Å². The van der Waals surface area contributed by atoms with Crippen LogP contribution in [0, 0.1) is 13.8 Å². The third-order valence-corrected chi connectivity index (χ3v) is 3.88. The van der Waals surface area contributed by atoms with Gasteiger partial charge in [-0.05, 0) is 51.1 Å². The van der Waals surface area contributed by atoms with E-state index in [-0.39, 0.29) is 5.91 Å². The highest BCUT2D eigenvalue weighted by molar-refractivity contribution is 6.05. The Morgan fingerprint density at radius 2 is 2.05 bits per heavy atom. The number of H-pyrrole nitrogens is 1. The van der Waals surface area contributed by atoms with Crippen LogP contribution in [0.3, 0.4) is 0 Å². The maximum Gasteiger partial charge on any atom is 0.257 e. The van der Waals surface area contributed by atoms with Crippen LogP contribution in [0.5, 0.6) is 0 Å². The fraction of sp³-hybridized carbons (Fsp3) is 0.235. The van der Waals surface area contributed by atoms with Gasteiger partial charge in [-0.15, -0.1) is 0 Å². The van der Waals surface area contributed by atoms with Crippen LogP contribution >= 0.6 is 0 Å². The molecule has 4 nitrogen and oxygen atoms in total. The first-order valence-corrected chi connectivity index (χ1v) is 7.15. The molecule has 0 aliphatic rings. The van der Waals surface area contributed by atoms with Gasteiger partial charge in [0, 0.05) is 40.7 Å². The Labute approximate surface area is 123 Å². The number of anilines is 1. The minimum Gasteiger partial charge on any atom is -0.365 e. The van der Waals surface area contributed by atoms with E-state index in [1.165, 1.54) is 11.2 Å². The van der Waals surface area contributed by atoms with Crippen molar-refractivity contribution in [3.05, 3.63) is 53.5 Å². The number of fused-ring (bicyclic) bond motifs is 1. The number of aromatic nitrogens is 2. The van der Waals surface area contributed by atoms with E-state index >= 15 is 0 Å². The summed E-state index contributed by atoms with van der Waals surface area (Å²) in [5, 5.41) is 4.11. The molecule has 108 valence electrons. The summed E-state index contributed by atoms with van der Waals surface area (Å²) in [6.07, 6.45) is 1.78. The van der Waals surface area contributed by atoms with Crippen molar-refractivity contribution in [1.29, 1.82) is 0 Å². The van der Waals surface area contributed by atoms with Crippen LogP contribution in [0.2, 0.25) is 0 Å². The predicted molar refractivity (Wildman–Crippen MR) is 85.8 cm³/mol. The highest BCUT2D eigenvalue weighted by atomic mass is 16.1. The molecule has 0 spiro atoms. The molecule has 0 atom stereocenters. The molecule has 3 rings (SSSR count). The Morgan fingerprint density at radius 1 is 1.24 bits per heavy atom. The van der Waals surface area contributed by atoms with E-state index in [9.17, 15) is 4.79 Å². The lowest BCUT2D eigenvalue weighted by atomic mass is 10.2. The molecule has 3 aromatic rings. The van der Waals surface area contributed by atoms with Crippen LogP contribution in [0.25, 0.3) is 10.9 Å². The van der Waals surface area contributed by atoms with Crippen molar-refractivity contribution in [1.82, 2.24) is 9.55 Å². The molecule has 0 unspecified atom stereocenters. The number of benzene rings is 1. The van der Waals surface area contributed by atoms with Crippen LogP contribution < -0.4 is 5.32 Å². The van der Waals surface area contributed by atoms with E-state index in [0.29, 0.717) is 5.56 Å². The molecule has 4 heteroatoms. The van der Waals surface area contributed by atoms with Crippen molar-refractivity contribution in [3.63, 3.8) is 0 Å². The number of amides is 1. The molecule has 21 heavy (non-hydrogen) atoms. The van der Waals surface area contributed by atoms with Gasteiger partial charge in [0.2, 0.25) is 0 Å². The first-order chi connectivity index (χ1) is 10.1. The van der Waals surface area contributed by atoms with Gasteiger partial charge < -0.3 is 14.9 Å². The van der Waals surface area contributed by atoms with E-state index in [0.717, 1.165) is 23.3 Å². The number of nitrogens with one attached hydrogen (secondary N) is 2. The van der Waals surface area contributed by atoms with Gasteiger partial charge in [0.05, 0.1) is 5.56 Å². The number of hydrogen-bond acceptors (Lipinski definition) is 1.